The molecule has 0 radical (unpaired) electrons. The molecule has 1 unspecified atom stereocenters. The van der Waals surface area contributed by atoms with Gasteiger partial charge in [0.1, 0.15) is 10.6 Å². The topological polar surface area (TPSA) is 115 Å². The quantitative estimate of drug-likeness (QED) is 0.341. The zero-order valence-electron chi connectivity index (χ0n) is 21.3. The maximum Gasteiger partial charge on any atom is 0.259 e. The minimum Gasteiger partial charge on any atom is -0.489 e. The average molecular weight is 519 g/mol. The number of nitrogens with one attached hydrogen (secondary N) is 1. The second-order valence-corrected chi connectivity index (χ2v) is 10.5. The van der Waals surface area contributed by atoms with Crippen molar-refractivity contribution < 1.29 is 14.3 Å². The van der Waals surface area contributed by atoms with E-state index in [0.29, 0.717) is 39.3 Å². The number of pyridine rings is 1. The zero-order valence-corrected chi connectivity index (χ0v) is 22.1. The summed E-state index contributed by atoms with van der Waals surface area (Å²) in [7, 11) is 3.69. The number of rotatable bonds is 8. The molecule has 37 heavy (non-hydrogen) atoms. The summed E-state index contributed by atoms with van der Waals surface area (Å²) in [6, 6.07) is 9.90. The van der Waals surface area contributed by atoms with E-state index < -0.39 is 5.91 Å². The van der Waals surface area contributed by atoms with Crippen LogP contribution >= 0.6 is 11.3 Å². The third-order valence-electron chi connectivity index (χ3n) is 6.37. The maximum absolute atomic E-state index is 12.3. The Morgan fingerprint density at radius 1 is 1.27 bits per heavy atom. The molecule has 1 aromatic carbocycles. The molecule has 0 bridgehead atoms. The number of likely N-dealkylation sites (tertiary alicyclic amines) is 1. The summed E-state index contributed by atoms with van der Waals surface area (Å²) in [6.07, 6.45) is 4.46. The lowest BCUT2D eigenvalue weighted by molar-refractivity contribution is 0.100. The third-order valence-corrected chi connectivity index (χ3v) is 7.49. The number of carbonyl (C=O) groups is 1. The molecule has 4 aromatic rings. The summed E-state index contributed by atoms with van der Waals surface area (Å²) in [5.74, 6) is 1.46. The number of hydrogen-bond donors (Lipinski definition) is 2. The fourth-order valence-corrected chi connectivity index (χ4v) is 5.67. The van der Waals surface area contributed by atoms with Gasteiger partial charge in [0.2, 0.25) is 11.8 Å². The molecule has 1 fully saturated rings. The van der Waals surface area contributed by atoms with Gasteiger partial charge in [-0.25, -0.2) is 15.0 Å². The Balaban J connectivity index is 1.56. The molecular formula is C27H30N6O3S. The summed E-state index contributed by atoms with van der Waals surface area (Å²) in [5.41, 5.74) is 9.59. The number of benzene rings is 1. The van der Waals surface area contributed by atoms with Gasteiger partial charge in [0.25, 0.3) is 5.91 Å². The van der Waals surface area contributed by atoms with Crippen molar-refractivity contribution in [2.24, 2.45) is 5.73 Å². The van der Waals surface area contributed by atoms with Crippen LogP contribution in [0.2, 0.25) is 0 Å². The van der Waals surface area contributed by atoms with Crippen LogP contribution < -0.4 is 20.5 Å². The van der Waals surface area contributed by atoms with Gasteiger partial charge in [-0.1, -0.05) is 6.07 Å². The van der Waals surface area contributed by atoms with Crippen molar-refractivity contribution in [3.05, 3.63) is 53.2 Å². The average Bonchev–Trinajstić information content (AvgIpc) is 3.48. The number of fused-ring (bicyclic) bond motifs is 1. The van der Waals surface area contributed by atoms with Gasteiger partial charge in [-0.2, -0.15) is 0 Å². The van der Waals surface area contributed by atoms with E-state index in [2.05, 4.69) is 39.4 Å². The Kier molecular flexibility index (Phi) is 6.94. The fraction of sp³-hybridized carbons (Fsp3) is 0.333. The van der Waals surface area contributed by atoms with Crippen molar-refractivity contribution in [1.82, 2.24) is 19.9 Å². The number of likely N-dealkylation sites (N-methyl/N-ethyl adjacent to an activating group) is 1. The Hall–Kier alpha value is -3.76. The van der Waals surface area contributed by atoms with Crippen LogP contribution in [0.5, 0.6) is 11.6 Å². The minimum atomic E-state index is -0.542. The van der Waals surface area contributed by atoms with Crippen LogP contribution in [0.15, 0.2) is 42.7 Å². The SMILES string of the molecule is COc1ncccc1-c1c(C(N)=O)sc2cnc(Nc3ccc(C4CCN(C)C4)cc3OC(C)C)nc12. The van der Waals surface area contributed by atoms with E-state index >= 15 is 0 Å². The molecule has 4 heterocycles. The molecule has 0 saturated carbocycles. The standard InChI is InChI=1S/C27H30N6O3S/c1-15(2)36-20-12-16(17-9-11-33(3)14-17)7-8-19(20)31-27-30-13-21-23(32-27)22(24(37-21)25(28)34)18-6-5-10-29-26(18)35-4/h5-8,10,12-13,15,17H,9,11,14H2,1-4H3,(H2,28,34)(H,30,31,32). The second-order valence-electron chi connectivity index (χ2n) is 9.43. The van der Waals surface area contributed by atoms with E-state index in [-0.39, 0.29) is 6.10 Å². The van der Waals surface area contributed by atoms with E-state index in [9.17, 15) is 4.79 Å². The number of primary amides is 1. The molecule has 0 aliphatic carbocycles. The van der Waals surface area contributed by atoms with Crippen LogP contribution in [0.25, 0.3) is 21.3 Å². The van der Waals surface area contributed by atoms with Crippen molar-refractivity contribution in [1.29, 1.82) is 0 Å². The van der Waals surface area contributed by atoms with Crippen LogP contribution in [0.1, 0.15) is 41.4 Å². The molecule has 0 spiro atoms. The van der Waals surface area contributed by atoms with Crippen LogP contribution in [0.3, 0.4) is 0 Å². The smallest absolute Gasteiger partial charge is 0.259 e. The highest BCUT2D eigenvalue weighted by Gasteiger charge is 2.24. The molecule has 5 rings (SSSR count). The first-order valence-electron chi connectivity index (χ1n) is 12.2. The van der Waals surface area contributed by atoms with Crippen LogP contribution in [0.4, 0.5) is 11.6 Å². The number of carbonyl (C=O) groups excluding carboxylic acids is 1. The number of methoxy groups -OCH3 is 1. The minimum absolute atomic E-state index is 0.00472. The van der Waals surface area contributed by atoms with Crippen molar-refractivity contribution in [3.63, 3.8) is 0 Å². The first-order valence-corrected chi connectivity index (χ1v) is 13.0. The maximum atomic E-state index is 12.3. The zero-order chi connectivity index (χ0) is 26.1. The van der Waals surface area contributed by atoms with Gasteiger partial charge in [-0.15, -0.1) is 11.3 Å². The van der Waals surface area contributed by atoms with Crippen molar-refractivity contribution in [2.45, 2.75) is 32.3 Å². The van der Waals surface area contributed by atoms with E-state index in [0.717, 1.165) is 35.6 Å². The van der Waals surface area contributed by atoms with E-state index in [1.807, 2.05) is 26.0 Å². The van der Waals surface area contributed by atoms with Crippen molar-refractivity contribution >= 4 is 39.1 Å². The van der Waals surface area contributed by atoms with E-state index in [1.165, 1.54) is 24.0 Å². The first-order chi connectivity index (χ1) is 17.8. The van der Waals surface area contributed by atoms with Crippen LogP contribution in [-0.2, 0) is 0 Å². The lowest BCUT2D eigenvalue weighted by Crippen LogP contribution is -2.13. The predicted octanol–water partition coefficient (Wildman–Crippen LogP) is 4.81. The summed E-state index contributed by atoms with van der Waals surface area (Å²) >= 11 is 1.25. The second kappa shape index (κ2) is 10.3. The molecule has 1 aliphatic heterocycles. The largest absolute Gasteiger partial charge is 0.489 e. The molecule has 9 nitrogen and oxygen atoms in total. The lowest BCUT2D eigenvalue weighted by atomic mass is 9.98. The lowest BCUT2D eigenvalue weighted by Gasteiger charge is -2.18. The number of ether oxygens (including phenoxy) is 2. The molecule has 192 valence electrons. The molecule has 3 aromatic heterocycles. The molecule has 1 amide bonds. The molecule has 1 saturated heterocycles. The Morgan fingerprint density at radius 3 is 2.81 bits per heavy atom. The highest BCUT2D eigenvalue weighted by Crippen LogP contribution is 2.41. The number of amides is 1. The van der Waals surface area contributed by atoms with Crippen molar-refractivity contribution in [3.8, 4) is 22.8 Å². The van der Waals surface area contributed by atoms with Crippen LogP contribution in [0, 0.1) is 0 Å². The van der Waals surface area contributed by atoms with E-state index in [4.69, 9.17) is 20.2 Å². The highest BCUT2D eigenvalue weighted by molar-refractivity contribution is 7.21. The van der Waals surface area contributed by atoms with Gasteiger partial charge >= 0.3 is 0 Å². The monoisotopic (exact) mass is 518 g/mol. The van der Waals surface area contributed by atoms with Gasteiger partial charge < -0.3 is 25.4 Å². The highest BCUT2D eigenvalue weighted by atomic mass is 32.1. The number of nitrogens with two attached hydrogens (primary N) is 1. The first kappa shape index (κ1) is 24.9. The van der Waals surface area contributed by atoms with E-state index in [1.54, 1.807) is 18.5 Å². The molecule has 3 N–H and O–H groups in total. The van der Waals surface area contributed by atoms with Crippen molar-refractivity contribution in [2.75, 3.05) is 32.6 Å². The summed E-state index contributed by atoms with van der Waals surface area (Å²) in [6.45, 7) is 6.14. The summed E-state index contributed by atoms with van der Waals surface area (Å²) in [5, 5.41) is 3.33. The van der Waals surface area contributed by atoms with Gasteiger partial charge in [0, 0.05) is 23.9 Å². The number of aromatic nitrogens is 3. The third kappa shape index (κ3) is 5.07. The molecular weight excluding hydrogens is 488 g/mol. The predicted molar refractivity (Wildman–Crippen MR) is 146 cm³/mol. The molecule has 1 atom stereocenters. The Bertz CT molecular complexity index is 1450. The Labute approximate surface area is 219 Å². The fourth-order valence-electron chi connectivity index (χ4n) is 4.70. The van der Waals surface area contributed by atoms with Gasteiger partial charge in [0.05, 0.1) is 35.3 Å². The summed E-state index contributed by atoms with van der Waals surface area (Å²) in [4.78, 5) is 28.6. The van der Waals surface area contributed by atoms with Gasteiger partial charge in [-0.05, 0) is 69.6 Å². The number of nitrogens with zero attached hydrogens (tertiary/aromatic N) is 4. The van der Waals surface area contributed by atoms with Gasteiger partial charge in [-0.3, -0.25) is 4.79 Å². The number of anilines is 2. The molecule has 10 heteroatoms. The number of hydrogen-bond acceptors (Lipinski definition) is 9. The number of thiophene rings is 1. The summed E-state index contributed by atoms with van der Waals surface area (Å²) < 4.78 is 12.4. The normalized spacial score (nSPS) is 15.9. The van der Waals surface area contributed by atoms with Crippen LogP contribution in [-0.4, -0.2) is 59.1 Å². The molecule has 1 aliphatic rings. The van der Waals surface area contributed by atoms with Gasteiger partial charge in [0.15, 0.2) is 0 Å². The Morgan fingerprint density at radius 2 is 2.11 bits per heavy atom.